The van der Waals surface area contributed by atoms with Crippen LogP contribution in [0.3, 0.4) is 0 Å². The summed E-state index contributed by atoms with van der Waals surface area (Å²) in [5, 5.41) is 7.79. The summed E-state index contributed by atoms with van der Waals surface area (Å²) in [6.07, 6.45) is 5.07. The summed E-state index contributed by atoms with van der Waals surface area (Å²) in [6.45, 7) is 2.10. The van der Waals surface area contributed by atoms with Crippen molar-refractivity contribution in [2.45, 2.75) is 44.7 Å². The number of benzene rings is 2. The zero-order chi connectivity index (χ0) is 25.1. The van der Waals surface area contributed by atoms with Crippen molar-refractivity contribution in [3.05, 3.63) is 88.8 Å². The number of carbonyl (C=O) groups excluding carboxylic acids is 1. The van der Waals surface area contributed by atoms with E-state index in [2.05, 4.69) is 34.7 Å². The fourth-order valence-electron chi connectivity index (χ4n) is 4.57. The molecule has 0 spiro atoms. The first-order chi connectivity index (χ1) is 17.5. The van der Waals surface area contributed by atoms with E-state index in [9.17, 15) is 9.18 Å². The molecule has 0 unspecified atom stereocenters. The van der Waals surface area contributed by atoms with Crippen LogP contribution in [-0.2, 0) is 0 Å². The molecule has 0 saturated heterocycles. The van der Waals surface area contributed by atoms with E-state index in [1.807, 2.05) is 18.2 Å². The van der Waals surface area contributed by atoms with E-state index in [0.717, 1.165) is 42.4 Å². The van der Waals surface area contributed by atoms with Crippen LogP contribution in [0, 0.1) is 12.7 Å². The molecule has 2 aromatic carbocycles. The Labute approximate surface area is 213 Å². The van der Waals surface area contributed by atoms with Gasteiger partial charge in [0.1, 0.15) is 22.9 Å². The largest absolute Gasteiger partial charge is 0.438 e. The van der Waals surface area contributed by atoms with Crippen molar-refractivity contribution in [2.75, 3.05) is 5.32 Å². The van der Waals surface area contributed by atoms with E-state index in [4.69, 9.17) is 21.3 Å². The maximum absolute atomic E-state index is 13.5. The summed E-state index contributed by atoms with van der Waals surface area (Å²) in [5.74, 6) is 0.537. The second-order valence-electron chi connectivity index (χ2n) is 9.04. The zero-order valence-electron chi connectivity index (χ0n) is 19.8. The van der Waals surface area contributed by atoms with Crippen molar-refractivity contribution >= 4 is 34.2 Å². The summed E-state index contributed by atoms with van der Waals surface area (Å²) < 4.78 is 19.2. The van der Waals surface area contributed by atoms with Gasteiger partial charge in [-0.05, 0) is 74.6 Å². The van der Waals surface area contributed by atoms with Crippen LogP contribution in [0.2, 0.25) is 5.02 Å². The Morgan fingerprint density at radius 2 is 1.81 bits per heavy atom. The van der Waals surface area contributed by atoms with E-state index < -0.39 is 5.82 Å². The van der Waals surface area contributed by atoms with Crippen LogP contribution in [0.4, 0.5) is 10.2 Å². The van der Waals surface area contributed by atoms with E-state index in [1.54, 1.807) is 12.1 Å². The average molecular weight is 505 g/mol. The lowest BCUT2D eigenvalue weighted by Crippen LogP contribution is -2.40. The molecule has 2 N–H and O–H groups in total. The first-order valence-electron chi connectivity index (χ1n) is 12.0. The highest BCUT2D eigenvalue weighted by atomic mass is 35.5. The predicted octanol–water partition coefficient (Wildman–Crippen LogP) is 6.68. The molecule has 4 aromatic rings. The smallest absolute Gasteiger partial charge is 0.257 e. The summed E-state index contributed by atoms with van der Waals surface area (Å²) in [6, 6.07) is 17.9. The number of ether oxygens (including phenoxy) is 1. The lowest BCUT2D eigenvalue weighted by Gasteiger charge is -2.30. The van der Waals surface area contributed by atoms with E-state index in [0.29, 0.717) is 17.4 Å². The van der Waals surface area contributed by atoms with Crippen LogP contribution < -0.4 is 15.4 Å². The summed E-state index contributed by atoms with van der Waals surface area (Å²) in [4.78, 5) is 22.0. The first-order valence-corrected chi connectivity index (χ1v) is 12.4. The molecule has 184 valence electrons. The van der Waals surface area contributed by atoms with Gasteiger partial charge in [-0.2, -0.15) is 0 Å². The highest BCUT2D eigenvalue weighted by molar-refractivity contribution is 6.30. The fourth-order valence-corrected chi connectivity index (χ4v) is 4.75. The topological polar surface area (TPSA) is 76.1 Å². The third-order valence-corrected chi connectivity index (χ3v) is 6.75. The molecule has 36 heavy (non-hydrogen) atoms. The third kappa shape index (κ3) is 5.41. The number of anilines is 1. The molecule has 2 heterocycles. The molecule has 0 bridgehead atoms. The Hall–Kier alpha value is -3.71. The number of nitrogens with zero attached hydrogens (tertiary/aromatic N) is 2. The number of aryl methyl sites for hydroxylation is 1. The molecule has 0 aliphatic heterocycles. The number of amides is 1. The van der Waals surface area contributed by atoms with Gasteiger partial charge in [-0.3, -0.25) is 4.79 Å². The zero-order valence-corrected chi connectivity index (χ0v) is 20.6. The second kappa shape index (κ2) is 10.5. The number of carbonyl (C=O) groups is 1. The molecule has 1 aliphatic carbocycles. The van der Waals surface area contributed by atoms with Gasteiger partial charge < -0.3 is 15.4 Å². The van der Waals surface area contributed by atoms with Crippen LogP contribution in [-0.4, -0.2) is 28.0 Å². The van der Waals surface area contributed by atoms with Gasteiger partial charge in [0.15, 0.2) is 0 Å². The number of hydrogen-bond donors (Lipinski definition) is 2. The van der Waals surface area contributed by atoms with Gasteiger partial charge in [0.05, 0.1) is 10.5 Å². The third-order valence-electron chi connectivity index (χ3n) is 6.46. The SMILES string of the molecule is Cc1cc(N[C@H]2CC[C@@H](NC(=O)c3cccnc3Oc3ccc(F)c(Cl)c3)CC2)nc2ccccc12. The molecule has 8 heteroatoms. The van der Waals surface area contributed by atoms with Crippen molar-refractivity contribution in [3.63, 3.8) is 0 Å². The Kier molecular flexibility index (Phi) is 7.00. The van der Waals surface area contributed by atoms with E-state index in [1.165, 1.54) is 30.0 Å². The number of nitrogens with one attached hydrogen (secondary N) is 2. The van der Waals surface area contributed by atoms with Gasteiger partial charge in [0.25, 0.3) is 5.91 Å². The minimum atomic E-state index is -0.542. The summed E-state index contributed by atoms with van der Waals surface area (Å²) >= 11 is 5.84. The second-order valence-corrected chi connectivity index (χ2v) is 9.45. The molecule has 1 saturated carbocycles. The van der Waals surface area contributed by atoms with Gasteiger partial charge in [-0.15, -0.1) is 0 Å². The van der Waals surface area contributed by atoms with E-state index in [-0.39, 0.29) is 22.9 Å². The van der Waals surface area contributed by atoms with Gasteiger partial charge in [-0.1, -0.05) is 29.8 Å². The highest BCUT2D eigenvalue weighted by Gasteiger charge is 2.24. The standard InChI is InChI=1S/C28H26ClFN4O2/c1-17-15-26(34-25-7-3-2-5-21(17)25)32-18-8-10-19(11-9-18)33-27(35)22-6-4-14-31-28(22)36-20-12-13-24(30)23(29)16-20/h2-7,12-16,18-19H,8-11H2,1H3,(H,32,34)(H,33,35)/t18-,19+. The normalized spacial score (nSPS) is 17.5. The van der Waals surface area contributed by atoms with Crippen LogP contribution in [0.25, 0.3) is 10.9 Å². The van der Waals surface area contributed by atoms with Crippen molar-refractivity contribution in [2.24, 2.45) is 0 Å². The molecular formula is C28H26ClFN4O2. The van der Waals surface area contributed by atoms with Gasteiger partial charge in [-0.25, -0.2) is 14.4 Å². The number of pyridine rings is 2. The fraction of sp³-hybridized carbons (Fsp3) is 0.250. The number of aromatic nitrogens is 2. The van der Waals surface area contributed by atoms with Crippen LogP contribution >= 0.6 is 11.6 Å². The van der Waals surface area contributed by atoms with Gasteiger partial charge in [0.2, 0.25) is 5.88 Å². The maximum atomic E-state index is 13.5. The molecule has 1 amide bonds. The van der Waals surface area contributed by atoms with Crippen molar-refractivity contribution in [1.29, 1.82) is 0 Å². The number of halogens is 2. The lowest BCUT2D eigenvalue weighted by molar-refractivity contribution is 0.0923. The molecular weight excluding hydrogens is 479 g/mol. The highest BCUT2D eigenvalue weighted by Crippen LogP contribution is 2.28. The Morgan fingerprint density at radius 1 is 1.03 bits per heavy atom. The monoisotopic (exact) mass is 504 g/mol. The lowest BCUT2D eigenvalue weighted by atomic mass is 9.91. The molecule has 0 radical (unpaired) electrons. The quantitative estimate of drug-likeness (QED) is 0.306. The summed E-state index contributed by atoms with van der Waals surface area (Å²) in [5.41, 5.74) is 2.49. The number of hydrogen-bond acceptors (Lipinski definition) is 5. The van der Waals surface area contributed by atoms with Gasteiger partial charge >= 0.3 is 0 Å². The van der Waals surface area contributed by atoms with Crippen LogP contribution in [0.1, 0.15) is 41.6 Å². The number of rotatable bonds is 6. The molecule has 2 aromatic heterocycles. The summed E-state index contributed by atoms with van der Waals surface area (Å²) in [7, 11) is 0. The molecule has 1 fully saturated rings. The molecule has 0 atom stereocenters. The average Bonchev–Trinajstić information content (AvgIpc) is 2.88. The Morgan fingerprint density at radius 3 is 2.61 bits per heavy atom. The predicted molar refractivity (Wildman–Crippen MR) is 139 cm³/mol. The minimum Gasteiger partial charge on any atom is -0.438 e. The molecule has 6 nitrogen and oxygen atoms in total. The minimum absolute atomic E-state index is 0.0511. The van der Waals surface area contributed by atoms with Gasteiger partial charge in [0, 0.05) is 29.7 Å². The van der Waals surface area contributed by atoms with Crippen LogP contribution in [0.5, 0.6) is 11.6 Å². The number of fused-ring (bicyclic) bond motifs is 1. The van der Waals surface area contributed by atoms with Crippen molar-refractivity contribution in [3.8, 4) is 11.6 Å². The maximum Gasteiger partial charge on any atom is 0.257 e. The Bertz CT molecular complexity index is 1410. The molecule has 1 aliphatic rings. The van der Waals surface area contributed by atoms with Crippen molar-refractivity contribution in [1.82, 2.24) is 15.3 Å². The molecule has 5 rings (SSSR count). The van der Waals surface area contributed by atoms with Crippen LogP contribution in [0.15, 0.2) is 66.9 Å². The number of para-hydroxylation sites is 1. The van der Waals surface area contributed by atoms with Crippen molar-refractivity contribution < 1.29 is 13.9 Å². The first kappa shape index (κ1) is 24.0. The van der Waals surface area contributed by atoms with E-state index >= 15 is 0 Å². The Balaban J connectivity index is 1.19.